The number of H-pyrrole nitrogens is 1. The van der Waals surface area contributed by atoms with Crippen molar-refractivity contribution in [2.75, 3.05) is 0 Å². The van der Waals surface area contributed by atoms with Gasteiger partial charge < -0.3 is 10.1 Å². The Morgan fingerprint density at radius 3 is 2.57 bits per heavy atom. The number of aromatic amines is 1. The van der Waals surface area contributed by atoms with Crippen LogP contribution in [-0.4, -0.2) is 15.1 Å². The zero-order valence-corrected chi connectivity index (χ0v) is 7.94. The second-order valence-corrected chi connectivity index (χ2v) is 3.23. The van der Waals surface area contributed by atoms with Crippen molar-refractivity contribution in [3.8, 4) is 11.4 Å². The van der Waals surface area contributed by atoms with Gasteiger partial charge in [-0.05, 0) is 6.92 Å². The molecule has 0 saturated heterocycles. The fraction of sp³-hybridized carbons (Fsp3) is 0.182. The number of benzene rings is 1. The first kappa shape index (κ1) is 8.97. The number of hydrogen-bond acceptors (Lipinski definition) is 2. The Labute approximate surface area is 82.4 Å². The Bertz CT molecular complexity index is 406. The van der Waals surface area contributed by atoms with Crippen molar-refractivity contribution in [1.29, 1.82) is 0 Å². The van der Waals surface area contributed by atoms with Crippen molar-refractivity contribution in [3.63, 3.8) is 0 Å². The molecule has 0 amide bonds. The molecule has 0 bridgehead atoms. The van der Waals surface area contributed by atoms with E-state index in [1.165, 1.54) is 0 Å². The Morgan fingerprint density at radius 2 is 2.00 bits per heavy atom. The van der Waals surface area contributed by atoms with Crippen LogP contribution in [0.5, 0.6) is 0 Å². The van der Waals surface area contributed by atoms with Gasteiger partial charge in [0.05, 0.1) is 18.0 Å². The van der Waals surface area contributed by atoms with Crippen LogP contribution in [0.2, 0.25) is 0 Å². The molecule has 2 N–H and O–H groups in total. The van der Waals surface area contributed by atoms with Crippen molar-refractivity contribution in [2.45, 2.75) is 13.0 Å². The molecule has 72 valence electrons. The molecular formula is C11H12N2O. The zero-order valence-electron chi connectivity index (χ0n) is 7.94. The summed E-state index contributed by atoms with van der Waals surface area (Å²) in [6, 6.07) is 9.83. The lowest BCUT2D eigenvalue weighted by Crippen LogP contribution is -1.90. The summed E-state index contributed by atoms with van der Waals surface area (Å²) < 4.78 is 0. The molecule has 0 spiro atoms. The summed E-state index contributed by atoms with van der Waals surface area (Å²) in [5, 5.41) is 9.31. The molecule has 2 aromatic rings. The average molecular weight is 188 g/mol. The number of nitrogens with one attached hydrogen (secondary N) is 1. The molecule has 0 saturated carbocycles. The number of nitrogens with zero attached hydrogens (tertiary/aromatic N) is 1. The van der Waals surface area contributed by atoms with E-state index in [-0.39, 0.29) is 0 Å². The normalized spacial score (nSPS) is 12.7. The summed E-state index contributed by atoms with van der Waals surface area (Å²) in [6.45, 7) is 1.71. The minimum atomic E-state index is -0.500. The summed E-state index contributed by atoms with van der Waals surface area (Å²) in [7, 11) is 0. The largest absolute Gasteiger partial charge is 0.387 e. The molecule has 2 rings (SSSR count). The minimum Gasteiger partial charge on any atom is -0.387 e. The molecule has 1 heterocycles. The van der Waals surface area contributed by atoms with Gasteiger partial charge in [-0.3, -0.25) is 0 Å². The van der Waals surface area contributed by atoms with E-state index in [2.05, 4.69) is 9.97 Å². The Balaban J connectivity index is 2.34. The van der Waals surface area contributed by atoms with Gasteiger partial charge in [0.15, 0.2) is 0 Å². The lowest BCUT2D eigenvalue weighted by molar-refractivity contribution is 0.195. The third-order valence-corrected chi connectivity index (χ3v) is 2.09. The van der Waals surface area contributed by atoms with Gasteiger partial charge in [0.1, 0.15) is 5.82 Å². The molecule has 0 aliphatic carbocycles. The lowest BCUT2D eigenvalue weighted by atomic mass is 10.2. The van der Waals surface area contributed by atoms with E-state index in [1.54, 1.807) is 13.1 Å². The standard InChI is InChI=1S/C11H12N2O/c1-8(14)10-7-12-11(13-10)9-5-3-2-4-6-9/h2-8,14H,1H3,(H,12,13)/t8-/m1/s1. The number of aliphatic hydroxyl groups is 1. The first-order valence-electron chi connectivity index (χ1n) is 4.56. The second-order valence-electron chi connectivity index (χ2n) is 3.23. The molecule has 3 heteroatoms. The first-order chi connectivity index (χ1) is 6.77. The second kappa shape index (κ2) is 3.64. The predicted molar refractivity (Wildman–Crippen MR) is 54.7 cm³/mol. The third kappa shape index (κ3) is 1.67. The molecular weight excluding hydrogens is 176 g/mol. The lowest BCUT2D eigenvalue weighted by Gasteiger charge is -1.98. The molecule has 1 atom stereocenters. The highest BCUT2D eigenvalue weighted by atomic mass is 16.3. The van der Waals surface area contributed by atoms with Crippen molar-refractivity contribution < 1.29 is 5.11 Å². The number of rotatable bonds is 2. The van der Waals surface area contributed by atoms with Crippen molar-refractivity contribution in [3.05, 3.63) is 42.2 Å². The summed E-state index contributed by atoms with van der Waals surface area (Å²) in [5.74, 6) is 0.793. The maximum atomic E-state index is 9.31. The highest BCUT2D eigenvalue weighted by Crippen LogP contribution is 2.17. The number of imidazole rings is 1. The summed E-state index contributed by atoms with van der Waals surface area (Å²) in [5.41, 5.74) is 1.77. The quantitative estimate of drug-likeness (QED) is 0.758. The van der Waals surface area contributed by atoms with Crippen LogP contribution in [0.4, 0.5) is 0 Å². The molecule has 0 aliphatic rings. The van der Waals surface area contributed by atoms with Crippen molar-refractivity contribution in [2.24, 2.45) is 0 Å². The van der Waals surface area contributed by atoms with Crippen LogP contribution in [0, 0.1) is 0 Å². The highest BCUT2D eigenvalue weighted by Gasteiger charge is 2.06. The molecule has 1 aromatic heterocycles. The van der Waals surface area contributed by atoms with E-state index in [0.29, 0.717) is 0 Å². The van der Waals surface area contributed by atoms with Crippen LogP contribution >= 0.6 is 0 Å². The van der Waals surface area contributed by atoms with Crippen LogP contribution < -0.4 is 0 Å². The molecule has 0 radical (unpaired) electrons. The predicted octanol–water partition coefficient (Wildman–Crippen LogP) is 2.13. The average Bonchev–Trinajstić information content (AvgIpc) is 2.68. The maximum absolute atomic E-state index is 9.31. The van der Waals surface area contributed by atoms with E-state index in [0.717, 1.165) is 17.1 Å². The molecule has 0 aliphatic heterocycles. The molecule has 0 fully saturated rings. The van der Waals surface area contributed by atoms with Gasteiger partial charge in [-0.25, -0.2) is 4.98 Å². The monoisotopic (exact) mass is 188 g/mol. The smallest absolute Gasteiger partial charge is 0.137 e. The van der Waals surface area contributed by atoms with Gasteiger partial charge in [-0.1, -0.05) is 30.3 Å². The maximum Gasteiger partial charge on any atom is 0.137 e. The van der Waals surface area contributed by atoms with Crippen LogP contribution in [-0.2, 0) is 0 Å². The van der Waals surface area contributed by atoms with E-state index < -0.39 is 6.10 Å². The Kier molecular flexibility index (Phi) is 2.33. The molecule has 3 nitrogen and oxygen atoms in total. The van der Waals surface area contributed by atoms with Crippen molar-refractivity contribution in [1.82, 2.24) is 9.97 Å². The summed E-state index contributed by atoms with van der Waals surface area (Å²) >= 11 is 0. The Morgan fingerprint density at radius 1 is 1.29 bits per heavy atom. The van der Waals surface area contributed by atoms with Gasteiger partial charge in [0, 0.05) is 5.56 Å². The van der Waals surface area contributed by atoms with Crippen molar-refractivity contribution >= 4 is 0 Å². The third-order valence-electron chi connectivity index (χ3n) is 2.09. The van der Waals surface area contributed by atoms with Gasteiger partial charge in [-0.15, -0.1) is 0 Å². The van der Waals surface area contributed by atoms with Gasteiger partial charge >= 0.3 is 0 Å². The van der Waals surface area contributed by atoms with Crippen LogP contribution in [0.25, 0.3) is 11.4 Å². The van der Waals surface area contributed by atoms with E-state index in [9.17, 15) is 5.11 Å². The fourth-order valence-electron chi connectivity index (χ4n) is 1.29. The SMILES string of the molecule is C[C@@H](O)c1cnc(-c2ccccc2)[nH]1. The molecule has 1 aromatic carbocycles. The first-order valence-corrected chi connectivity index (χ1v) is 4.56. The van der Waals surface area contributed by atoms with Gasteiger partial charge in [0.2, 0.25) is 0 Å². The minimum absolute atomic E-state index is 0.500. The molecule has 0 unspecified atom stereocenters. The molecule has 14 heavy (non-hydrogen) atoms. The van der Waals surface area contributed by atoms with Crippen LogP contribution in [0.1, 0.15) is 18.7 Å². The number of hydrogen-bond donors (Lipinski definition) is 2. The highest BCUT2D eigenvalue weighted by molar-refractivity contribution is 5.54. The zero-order chi connectivity index (χ0) is 9.97. The van der Waals surface area contributed by atoms with Gasteiger partial charge in [0.25, 0.3) is 0 Å². The Hall–Kier alpha value is -1.61. The van der Waals surface area contributed by atoms with Crippen LogP contribution in [0.15, 0.2) is 36.5 Å². The van der Waals surface area contributed by atoms with E-state index >= 15 is 0 Å². The van der Waals surface area contributed by atoms with Gasteiger partial charge in [-0.2, -0.15) is 0 Å². The topological polar surface area (TPSA) is 48.9 Å². The fourth-order valence-corrected chi connectivity index (χ4v) is 1.29. The van der Waals surface area contributed by atoms with Crippen LogP contribution in [0.3, 0.4) is 0 Å². The summed E-state index contributed by atoms with van der Waals surface area (Å²) in [4.78, 5) is 7.26. The summed E-state index contributed by atoms with van der Waals surface area (Å²) in [6.07, 6.45) is 1.16. The number of aromatic nitrogens is 2. The number of aliphatic hydroxyl groups excluding tert-OH is 1. The van der Waals surface area contributed by atoms with E-state index in [4.69, 9.17) is 0 Å². The van der Waals surface area contributed by atoms with E-state index in [1.807, 2.05) is 30.3 Å².